The highest BCUT2D eigenvalue weighted by atomic mass is 32.1. The Hall–Kier alpha value is -5.25. The fourth-order valence-corrected chi connectivity index (χ4v) is 7.02. The zero-order valence-electron chi connectivity index (χ0n) is 28.3. The lowest BCUT2D eigenvalue weighted by Crippen LogP contribution is -2.25. The summed E-state index contributed by atoms with van der Waals surface area (Å²) in [5.74, 6) is -6.48. The van der Waals surface area contributed by atoms with E-state index >= 15 is 0 Å². The van der Waals surface area contributed by atoms with E-state index in [1.165, 1.54) is 64.0 Å². The minimum atomic E-state index is -1.82. The Kier molecular flexibility index (Phi) is 14.7. The average molecular weight is 741 g/mol. The van der Waals surface area contributed by atoms with Crippen molar-refractivity contribution in [2.75, 3.05) is 52.5 Å². The number of aliphatic carboxylic acids is 4. The Morgan fingerprint density at radius 1 is 0.673 bits per heavy atom. The number of carbonyl (C=O) groups is 4. The second-order valence-corrected chi connectivity index (χ2v) is 13.1. The van der Waals surface area contributed by atoms with Crippen molar-refractivity contribution in [1.29, 1.82) is 0 Å². The molecule has 0 aliphatic carbocycles. The molecule has 0 radical (unpaired) electrons. The van der Waals surface area contributed by atoms with Gasteiger partial charge in [-0.25, -0.2) is 23.6 Å². The van der Waals surface area contributed by atoms with E-state index < -0.39 is 29.7 Å². The van der Waals surface area contributed by atoms with Gasteiger partial charge in [0.1, 0.15) is 24.7 Å². The first kappa shape index (κ1) is 39.5. The average Bonchev–Trinajstić information content (AvgIpc) is 3.90. The Morgan fingerprint density at radius 2 is 1.12 bits per heavy atom. The third-order valence-electron chi connectivity index (χ3n) is 8.40. The first-order valence-corrected chi connectivity index (χ1v) is 17.5. The molecule has 5 N–H and O–H groups in total. The number of ether oxygens (including phenoxy) is 2. The molecule has 2 saturated heterocycles. The molecule has 2 aliphatic heterocycles. The summed E-state index contributed by atoms with van der Waals surface area (Å²) >= 11 is 1.58. The summed E-state index contributed by atoms with van der Waals surface area (Å²) in [4.78, 5) is 42.4. The molecule has 52 heavy (non-hydrogen) atoms. The van der Waals surface area contributed by atoms with Crippen LogP contribution in [0.4, 0.5) is 4.39 Å². The lowest BCUT2D eigenvalue weighted by molar-refractivity contribution is -0.159. The largest absolute Gasteiger partial charge is 0.505 e. The number of carboxylic acid groups (broad SMARTS) is 4. The van der Waals surface area contributed by atoms with Crippen molar-refractivity contribution < 1.29 is 58.6 Å². The van der Waals surface area contributed by atoms with Crippen molar-refractivity contribution in [1.82, 2.24) is 9.80 Å². The number of thiophene rings is 1. The molecular weight excluding hydrogens is 699 g/mol. The van der Waals surface area contributed by atoms with E-state index in [4.69, 9.17) is 49.1 Å². The predicted molar refractivity (Wildman–Crippen MR) is 191 cm³/mol. The predicted octanol–water partition coefficient (Wildman–Crippen LogP) is 5.26. The van der Waals surface area contributed by atoms with Gasteiger partial charge in [-0.3, -0.25) is 9.80 Å². The molecule has 1 aromatic heterocycles. The van der Waals surface area contributed by atoms with Crippen LogP contribution in [0.1, 0.15) is 36.8 Å². The van der Waals surface area contributed by atoms with Crippen LogP contribution in [-0.4, -0.2) is 112 Å². The minimum Gasteiger partial charge on any atom is -0.505 e. The molecule has 0 atom stereocenters. The molecular formula is C37H41FN2O11S. The number of hydrogen-bond donors (Lipinski definition) is 5. The van der Waals surface area contributed by atoms with Gasteiger partial charge in [0.25, 0.3) is 0 Å². The van der Waals surface area contributed by atoms with Gasteiger partial charge in [0.05, 0.1) is 0 Å². The molecule has 0 bridgehead atoms. The maximum Gasteiger partial charge on any atom is 0.414 e. The highest BCUT2D eigenvalue weighted by molar-refractivity contribution is 7.22. The molecule has 15 heteroatoms. The number of likely N-dealkylation sites (tertiary alicyclic amines) is 2. The first-order valence-electron chi connectivity index (χ1n) is 16.7. The topological polar surface area (TPSA) is 194 Å². The van der Waals surface area contributed by atoms with E-state index in [9.17, 15) is 9.50 Å². The number of hydrogen-bond acceptors (Lipinski definition) is 10. The van der Waals surface area contributed by atoms with Gasteiger partial charge in [0.15, 0.2) is 11.6 Å². The Balaban J connectivity index is 0.000000436. The van der Waals surface area contributed by atoms with Crippen LogP contribution < -0.4 is 9.47 Å². The van der Waals surface area contributed by atoms with Crippen molar-refractivity contribution in [2.24, 2.45) is 0 Å². The first-order chi connectivity index (χ1) is 24.9. The molecule has 0 saturated carbocycles. The molecule has 6 rings (SSSR count). The van der Waals surface area contributed by atoms with E-state index in [2.05, 4.69) is 34.1 Å². The molecule has 13 nitrogen and oxygen atoms in total. The van der Waals surface area contributed by atoms with Crippen LogP contribution in [0.15, 0.2) is 60.7 Å². The summed E-state index contributed by atoms with van der Waals surface area (Å²) in [5.41, 5.74) is 3.25. The van der Waals surface area contributed by atoms with E-state index in [0.29, 0.717) is 19.6 Å². The van der Waals surface area contributed by atoms with E-state index in [1.54, 1.807) is 11.3 Å². The fraction of sp³-hybridized carbons (Fsp3) is 0.351. The molecule has 4 aromatic rings. The van der Waals surface area contributed by atoms with Crippen LogP contribution in [0.2, 0.25) is 0 Å². The molecule has 2 aliphatic rings. The number of aromatic hydroxyl groups is 1. The summed E-state index contributed by atoms with van der Waals surface area (Å²) < 4.78 is 27.3. The van der Waals surface area contributed by atoms with Gasteiger partial charge in [-0.1, -0.05) is 12.1 Å². The van der Waals surface area contributed by atoms with Gasteiger partial charge < -0.3 is 35.0 Å². The number of fused-ring (bicyclic) bond motifs is 1. The minimum absolute atomic E-state index is 0.316. The van der Waals surface area contributed by atoms with Crippen molar-refractivity contribution in [3.8, 4) is 27.7 Å². The number of benzene rings is 3. The van der Waals surface area contributed by atoms with Gasteiger partial charge in [-0.05, 0) is 123 Å². The highest BCUT2D eigenvalue weighted by Crippen LogP contribution is 2.42. The van der Waals surface area contributed by atoms with E-state index in [0.717, 1.165) is 56.2 Å². The zero-order chi connectivity index (χ0) is 37.6. The monoisotopic (exact) mass is 740 g/mol. The lowest BCUT2D eigenvalue weighted by Gasteiger charge is -2.15. The van der Waals surface area contributed by atoms with Gasteiger partial charge in [0, 0.05) is 28.7 Å². The van der Waals surface area contributed by atoms with Crippen molar-refractivity contribution in [3.05, 3.63) is 77.6 Å². The molecule has 0 amide bonds. The smallest absolute Gasteiger partial charge is 0.414 e. The third kappa shape index (κ3) is 11.9. The lowest BCUT2D eigenvalue weighted by atomic mass is 9.98. The van der Waals surface area contributed by atoms with Gasteiger partial charge in [0.2, 0.25) is 0 Å². The van der Waals surface area contributed by atoms with E-state index in [-0.39, 0.29) is 5.75 Å². The summed E-state index contributed by atoms with van der Waals surface area (Å²) in [7, 11) is 0. The van der Waals surface area contributed by atoms with Gasteiger partial charge >= 0.3 is 23.9 Å². The number of phenolic OH excluding ortho intramolecular Hbond substituents is 1. The van der Waals surface area contributed by atoms with Crippen LogP contribution in [0.25, 0.3) is 20.5 Å². The fourth-order valence-electron chi connectivity index (χ4n) is 5.77. The zero-order valence-corrected chi connectivity index (χ0v) is 29.1. The molecule has 0 spiro atoms. The normalized spacial score (nSPS) is 14.2. The standard InChI is InChI=1S/C33H37FN2O3S.2C2H2O4/c34-30-22-28-29(21-24-5-9-26(10-6-24)38-19-17-35-13-1-2-14-35)33(40-32(28)23-31(30)37)25-7-11-27(12-8-25)39-20-18-36-15-3-4-16-36;2*3-1(4)2(5)6/h5-12,22-23,37H,1-4,13-21H2;2*(H,3,4)(H,5,6). The third-order valence-corrected chi connectivity index (χ3v) is 9.64. The molecule has 3 heterocycles. The molecule has 3 aromatic carbocycles. The van der Waals surface area contributed by atoms with Crippen LogP contribution in [0, 0.1) is 5.82 Å². The summed E-state index contributed by atoms with van der Waals surface area (Å²) in [6.07, 6.45) is 5.79. The summed E-state index contributed by atoms with van der Waals surface area (Å²) in [5, 5.41) is 40.4. The number of phenols is 1. The summed E-state index contributed by atoms with van der Waals surface area (Å²) in [6.45, 7) is 7.98. The van der Waals surface area contributed by atoms with Crippen LogP contribution in [-0.2, 0) is 25.6 Å². The Morgan fingerprint density at radius 3 is 1.56 bits per heavy atom. The van der Waals surface area contributed by atoms with Crippen molar-refractivity contribution in [2.45, 2.75) is 32.1 Å². The number of nitrogens with zero attached hydrogens (tertiary/aromatic N) is 2. The van der Waals surface area contributed by atoms with Crippen molar-refractivity contribution in [3.63, 3.8) is 0 Å². The molecule has 2 fully saturated rings. The maximum absolute atomic E-state index is 14.5. The number of halogens is 1. The second kappa shape index (κ2) is 19.4. The molecule has 0 unspecified atom stereocenters. The number of carboxylic acids is 4. The second-order valence-electron chi connectivity index (χ2n) is 12.1. The van der Waals surface area contributed by atoms with Crippen LogP contribution >= 0.6 is 11.3 Å². The highest BCUT2D eigenvalue weighted by Gasteiger charge is 2.18. The quantitative estimate of drug-likeness (QED) is 0.125. The molecule has 278 valence electrons. The van der Waals surface area contributed by atoms with Crippen LogP contribution in [0.3, 0.4) is 0 Å². The SMILES string of the molecule is O=C(O)C(=O)O.O=C(O)C(=O)O.Oc1cc2sc(-c3ccc(OCCN4CCCC4)cc3)c(Cc3ccc(OCCN4CCCC4)cc3)c2cc1F. The van der Waals surface area contributed by atoms with Gasteiger partial charge in [-0.2, -0.15) is 0 Å². The van der Waals surface area contributed by atoms with E-state index in [1.807, 2.05) is 24.3 Å². The van der Waals surface area contributed by atoms with Crippen molar-refractivity contribution >= 4 is 45.3 Å². The Labute approximate surface area is 303 Å². The maximum atomic E-state index is 14.5. The number of rotatable bonds is 11. The van der Waals surface area contributed by atoms with Crippen LogP contribution in [0.5, 0.6) is 17.2 Å². The Bertz CT molecular complexity index is 1770. The summed E-state index contributed by atoms with van der Waals surface area (Å²) in [6, 6.07) is 19.4. The van der Waals surface area contributed by atoms with Gasteiger partial charge in [-0.15, -0.1) is 11.3 Å².